The molecule has 1 fully saturated rings. The molecule has 8 nitrogen and oxygen atoms in total. The average Bonchev–Trinajstić information content (AvgIpc) is 3.00. The van der Waals surface area contributed by atoms with Gasteiger partial charge in [0.05, 0.1) is 11.6 Å². The molecule has 3 amide bonds. The summed E-state index contributed by atoms with van der Waals surface area (Å²) >= 11 is 0. The van der Waals surface area contributed by atoms with E-state index in [1.165, 1.54) is 13.8 Å². The molecule has 2 atom stereocenters. The van der Waals surface area contributed by atoms with Gasteiger partial charge in [-0.3, -0.25) is 9.69 Å². The summed E-state index contributed by atoms with van der Waals surface area (Å²) in [5.74, 6) is -0.903. The molecule has 2 rings (SSSR count). The standard InChI is InChI=1S/C16H17N3O5/c1-10(14(20)19-8-7-18-16(19)22)24-15(21)11(2)23-13-5-3-12(9-17)4-6-13/h3-6,10-11H,7-8H2,1-2H3,(H,18,22)/t10-,11-/m1/s1. The molecule has 1 aliphatic rings. The number of nitrogens with zero attached hydrogens (tertiary/aromatic N) is 2. The van der Waals surface area contributed by atoms with E-state index < -0.39 is 30.1 Å². The minimum absolute atomic E-state index is 0.247. The number of nitrogens with one attached hydrogen (secondary N) is 1. The van der Waals surface area contributed by atoms with Crippen LogP contribution in [-0.2, 0) is 14.3 Å². The number of hydrogen-bond acceptors (Lipinski definition) is 6. The lowest BCUT2D eigenvalue weighted by atomic mass is 10.2. The number of amides is 3. The second kappa shape index (κ2) is 7.46. The van der Waals surface area contributed by atoms with Crippen LogP contribution in [-0.4, -0.2) is 48.1 Å². The van der Waals surface area contributed by atoms with Crippen LogP contribution in [0.1, 0.15) is 19.4 Å². The van der Waals surface area contributed by atoms with E-state index in [0.717, 1.165) is 4.90 Å². The Kier molecular flexibility index (Phi) is 5.37. The highest BCUT2D eigenvalue weighted by Crippen LogP contribution is 2.14. The van der Waals surface area contributed by atoms with Crippen LogP contribution in [0.25, 0.3) is 0 Å². The van der Waals surface area contributed by atoms with E-state index in [2.05, 4.69) is 5.32 Å². The lowest BCUT2D eigenvalue weighted by Gasteiger charge is -2.20. The first kappa shape index (κ1) is 17.3. The summed E-state index contributed by atoms with van der Waals surface area (Å²) < 4.78 is 10.5. The zero-order valence-electron chi connectivity index (χ0n) is 13.3. The Labute approximate surface area is 138 Å². The number of esters is 1. The molecule has 126 valence electrons. The van der Waals surface area contributed by atoms with Crippen LogP contribution in [0.15, 0.2) is 24.3 Å². The molecule has 0 spiro atoms. The van der Waals surface area contributed by atoms with Gasteiger partial charge < -0.3 is 14.8 Å². The Balaban J connectivity index is 1.89. The summed E-state index contributed by atoms with van der Waals surface area (Å²) in [6.07, 6.45) is -2.03. The van der Waals surface area contributed by atoms with E-state index in [1.54, 1.807) is 24.3 Å². The molecule has 0 aliphatic carbocycles. The van der Waals surface area contributed by atoms with Gasteiger partial charge in [0, 0.05) is 13.1 Å². The van der Waals surface area contributed by atoms with E-state index in [-0.39, 0.29) is 6.54 Å². The van der Waals surface area contributed by atoms with Crippen molar-refractivity contribution >= 4 is 17.9 Å². The predicted octanol–water partition coefficient (Wildman–Crippen LogP) is 0.809. The fourth-order valence-corrected chi connectivity index (χ4v) is 2.08. The summed E-state index contributed by atoms with van der Waals surface area (Å²) in [4.78, 5) is 36.5. The molecule has 1 N–H and O–H groups in total. The van der Waals surface area contributed by atoms with Gasteiger partial charge in [-0.05, 0) is 38.1 Å². The molecule has 8 heteroatoms. The maximum Gasteiger partial charge on any atom is 0.347 e. The van der Waals surface area contributed by atoms with Gasteiger partial charge in [0.2, 0.25) is 0 Å². The number of rotatable bonds is 5. The van der Waals surface area contributed by atoms with Gasteiger partial charge in [-0.2, -0.15) is 5.26 Å². The van der Waals surface area contributed by atoms with Crippen LogP contribution in [0.4, 0.5) is 4.79 Å². The van der Waals surface area contributed by atoms with Crippen molar-refractivity contribution in [2.24, 2.45) is 0 Å². The summed E-state index contributed by atoms with van der Waals surface area (Å²) in [6.45, 7) is 3.51. The number of ether oxygens (including phenoxy) is 2. The Hall–Kier alpha value is -3.08. The van der Waals surface area contributed by atoms with Crippen LogP contribution in [0.3, 0.4) is 0 Å². The highest BCUT2D eigenvalue weighted by Gasteiger charge is 2.32. The van der Waals surface area contributed by atoms with Crippen molar-refractivity contribution in [3.63, 3.8) is 0 Å². The molecule has 24 heavy (non-hydrogen) atoms. The summed E-state index contributed by atoms with van der Waals surface area (Å²) in [7, 11) is 0. The summed E-state index contributed by atoms with van der Waals surface area (Å²) in [5, 5.41) is 11.2. The Morgan fingerprint density at radius 1 is 1.25 bits per heavy atom. The SMILES string of the molecule is C[C@@H](Oc1ccc(C#N)cc1)C(=O)O[C@H](C)C(=O)N1CCNC1=O. The van der Waals surface area contributed by atoms with Crippen LogP contribution >= 0.6 is 0 Å². The topological polar surface area (TPSA) is 109 Å². The molecule has 0 radical (unpaired) electrons. The molecule has 0 bridgehead atoms. The minimum atomic E-state index is -1.09. The molecule has 1 aliphatic heterocycles. The average molecular weight is 331 g/mol. The first-order valence-electron chi connectivity index (χ1n) is 7.39. The Bertz CT molecular complexity index is 680. The van der Waals surface area contributed by atoms with Gasteiger partial charge in [0.15, 0.2) is 12.2 Å². The lowest BCUT2D eigenvalue weighted by molar-refractivity contribution is -0.163. The van der Waals surface area contributed by atoms with Crippen molar-refractivity contribution in [2.75, 3.05) is 13.1 Å². The second-order valence-electron chi connectivity index (χ2n) is 5.20. The number of benzene rings is 1. The van der Waals surface area contributed by atoms with Gasteiger partial charge in [0.25, 0.3) is 5.91 Å². The van der Waals surface area contributed by atoms with Crippen LogP contribution in [0.5, 0.6) is 5.75 Å². The number of carbonyl (C=O) groups excluding carboxylic acids is 3. The quantitative estimate of drug-likeness (QED) is 0.800. The highest BCUT2D eigenvalue weighted by molar-refractivity contribution is 5.98. The van der Waals surface area contributed by atoms with Crippen LogP contribution < -0.4 is 10.1 Å². The van der Waals surface area contributed by atoms with E-state index in [4.69, 9.17) is 14.7 Å². The van der Waals surface area contributed by atoms with Gasteiger partial charge >= 0.3 is 12.0 Å². The molecule has 1 aromatic rings. The van der Waals surface area contributed by atoms with Crippen molar-refractivity contribution in [3.8, 4) is 11.8 Å². The third-order valence-corrected chi connectivity index (χ3v) is 3.39. The van der Waals surface area contributed by atoms with Crippen molar-refractivity contribution in [3.05, 3.63) is 29.8 Å². The number of imide groups is 1. The molecule has 0 aromatic heterocycles. The monoisotopic (exact) mass is 331 g/mol. The van der Waals surface area contributed by atoms with Gasteiger partial charge in [-0.25, -0.2) is 9.59 Å². The van der Waals surface area contributed by atoms with Crippen molar-refractivity contribution in [1.29, 1.82) is 5.26 Å². The van der Waals surface area contributed by atoms with Crippen molar-refractivity contribution < 1.29 is 23.9 Å². The molecule has 1 heterocycles. The minimum Gasteiger partial charge on any atom is -0.479 e. The molecule has 1 saturated heterocycles. The summed E-state index contributed by atoms with van der Waals surface area (Å²) in [5.41, 5.74) is 0.473. The molecular formula is C16H17N3O5. The summed E-state index contributed by atoms with van der Waals surface area (Å²) in [6, 6.07) is 7.73. The second-order valence-corrected chi connectivity index (χ2v) is 5.20. The maximum absolute atomic E-state index is 12.1. The van der Waals surface area contributed by atoms with Crippen LogP contribution in [0, 0.1) is 11.3 Å². The lowest BCUT2D eigenvalue weighted by Crippen LogP contribution is -2.43. The Morgan fingerprint density at radius 3 is 2.46 bits per heavy atom. The smallest absolute Gasteiger partial charge is 0.347 e. The zero-order chi connectivity index (χ0) is 17.7. The number of urea groups is 1. The van der Waals surface area contributed by atoms with E-state index in [1.807, 2.05) is 6.07 Å². The van der Waals surface area contributed by atoms with Gasteiger partial charge in [-0.1, -0.05) is 0 Å². The predicted molar refractivity (Wildman–Crippen MR) is 81.9 cm³/mol. The molecule has 0 unspecified atom stereocenters. The third kappa shape index (κ3) is 4.01. The largest absolute Gasteiger partial charge is 0.479 e. The third-order valence-electron chi connectivity index (χ3n) is 3.39. The van der Waals surface area contributed by atoms with Crippen molar-refractivity contribution in [2.45, 2.75) is 26.1 Å². The fourth-order valence-electron chi connectivity index (χ4n) is 2.08. The fraction of sp³-hybridized carbons (Fsp3) is 0.375. The molecule has 1 aromatic carbocycles. The van der Waals surface area contributed by atoms with E-state index in [9.17, 15) is 14.4 Å². The Morgan fingerprint density at radius 2 is 1.92 bits per heavy atom. The van der Waals surface area contributed by atoms with Crippen LogP contribution in [0.2, 0.25) is 0 Å². The molecule has 0 saturated carbocycles. The number of nitriles is 1. The zero-order valence-corrected chi connectivity index (χ0v) is 13.3. The normalized spacial score (nSPS) is 15.9. The maximum atomic E-state index is 12.1. The van der Waals surface area contributed by atoms with Gasteiger partial charge in [0.1, 0.15) is 5.75 Å². The highest BCUT2D eigenvalue weighted by atomic mass is 16.6. The first-order valence-corrected chi connectivity index (χ1v) is 7.39. The van der Waals surface area contributed by atoms with E-state index >= 15 is 0 Å². The number of hydrogen-bond donors (Lipinski definition) is 1. The van der Waals surface area contributed by atoms with E-state index in [0.29, 0.717) is 17.9 Å². The number of carbonyl (C=O) groups is 3. The van der Waals surface area contributed by atoms with Gasteiger partial charge in [-0.15, -0.1) is 0 Å². The first-order chi connectivity index (χ1) is 11.4. The van der Waals surface area contributed by atoms with Crippen molar-refractivity contribution in [1.82, 2.24) is 10.2 Å². The molecular weight excluding hydrogens is 314 g/mol.